The molecule has 6 nitrogen and oxygen atoms in total. The van der Waals surface area contributed by atoms with E-state index in [4.69, 9.17) is 5.11 Å². The molecule has 2 aliphatic rings. The minimum atomic E-state index is -1.05. The Bertz CT molecular complexity index is 418. The third-order valence-electron chi connectivity index (χ3n) is 4.57. The van der Waals surface area contributed by atoms with Crippen LogP contribution in [0.2, 0.25) is 0 Å². The summed E-state index contributed by atoms with van der Waals surface area (Å²) in [6.07, 6.45) is 5.35. The molecular weight excluding hydrogens is 272 g/mol. The van der Waals surface area contributed by atoms with Crippen molar-refractivity contribution in [2.75, 3.05) is 13.1 Å². The van der Waals surface area contributed by atoms with Gasteiger partial charge in [0.1, 0.15) is 6.04 Å². The highest BCUT2D eigenvalue weighted by Gasteiger charge is 2.38. The average Bonchev–Trinajstić information content (AvgIpc) is 3.00. The van der Waals surface area contributed by atoms with Crippen molar-refractivity contribution in [3.05, 3.63) is 0 Å². The number of rotatable bonds is 4. The van der Waals surface area contributed by atoms with Gasteiger partial charge >= 0.3 is 5.97 Å². The van der Waals surface area contributed by atoms with Gasteiger partial charge in [-0.25, -0.2) is 0 Å². The fourth-order valence-corrected chi connectivity index (χ4v) is 3.29. The molecule has 1 aliphatic carbocycles. The van der Waals surface area contributed by atoms with Crippen molar-refractivity contribution in [2.24, 2.45) is 11.8 Å². The van der Waals surface area contributed by atoms with Gasteiger partial charge in [-0.05, 0) is 32.6 Å². The zero-order valence-electron chi connectivity index (χ0n) is 12.5. The van der Waals surface area contributed by atoms with Crippen molar-refractivity contribution in [3.63, 3.8) is 0 Å². The Kier molecular flexibility index (Phi) is 5.20. The normalized spacial score (nSPS) is 27.2. The second-order valence-electron chi connectivity index (χ2n) is 6.10. The van der Waals surface area contributed by atoms with Crippen LogP contribution in [0.3, 0.4) is 0 Å². The molecule has 118 valence electrons. The number of hydrogen-bond acceptors (Lipinski definition) is 3. The lowest BCUT2D eigenvalue weighted by atomic mass is 9.77. The zero-order chi connectivity index (χ0) is 15.4. The van der Waals surface area contributed by atoms with Crippen molar-refractivity contribution >= 4 is 17.8 Å². The minimum absolute atomic E-state index is 0.0790. The second kappa shape index (κ2) is 6.91. The average molecular weight is 296 g/mol. The van der Waals surface area contributed by atoms with E-state index in [0.717, 1.165) is 45.2 Å². The van der Waals surface area contributed by atoms with Gasteiger partial charge in [0.15, 0.2) is 0 Å². The van der Waals surface area contributed by atoms with Crippen LogP contribution in [0.15, 0.2) is 0 Å². The maximum Gasteiger partial charge on any atom is 0.325 e. The standard InChI is InChI=1S/C15H24N2O4/c1-10(15(20)21)16-13(18)11-6-2-3-7-12(11)14(19)17-8-4-5-9-17/h10-12H,2-9H2,1H3,(H,16,18)(H,20,21). The highest BCUT2D eigenvalue weighted by atomic mass is 16.4. The van der Waals surface area contributed by atoms with Crippen LogP contribution in [-0.2, 0) is 14.4 Å². The summed E-state index contributed by atoms with van der Waals surface area (Å²) in [4.78, 5) is 37.6. The first-order valence-corrected chi connectivity index (χ1v) is 7.82. The summed E-state index contributed by atoms with van der Waals surface area (Å²) >= 11 is 0. The van der Waals surface area contributed by atoms with E-state index in [1.54, 1.807) is 0 Å². The maximum absolute atomic E-state index is 12.6. The summed E-state index contributed by atoms with van der Waals surface area (Å²) in [5.74, 6) is -1.93. The number of amides is 2. The lowest BCUT2D eigenvalue weighted by Gasteiger charge is -2.32. The van der Waals surface area contributed by atoms with E-state index >= 15 is 0 Å². The molecule has 3 atom stereocenters. The molecule has 6 heteroatoms. The SMILES string of the molecule is CC(NC(=O)C1CCCCC1C(=O)N1CCCC1)C(=O)O. The number of hydrogen-bond donors (Lipinski definition) is 2. The fraction of sp³-hybridized carbons (Fsp3) is 0.800. The number of aliphatic carboxylic acids is 1. The van der Waals surface area contributed by atoms with Crippen LogP contribution in [0.4, 0.5) is 0 Å². The highest BCUT2D eigenvalue weighted by molar-refractivity contribution is 5.90. The van der Waals surface area contributed by atoms with Crippen LogP contribution < -0.4 is 5.32 Å². The molecule has 2 amide bonds. The van der Waals surface area contributed by atoms with Gasteiger partial charge in [0, 0.05) is 24.9 Å². The Morgan fingerprint density at radius 1 is 1.05 bits per heavy atom. The lowest BCUT2D eigenvalue weighted by Crippen LogP contribution is -2.48. The van der Waals surface area contributed by atoms with E-state index in [1.807, 2.05) is 4.90 Å². The number of carboxylic acids is 1. The van der Waals surface area contributed by atoms with Gasteiger partial charge in [0.25, 0.3) is 0 Å². The Balaban J connectivity index is 2.02. The highest BCUT2D eigenvalue weighted by Crippen LogP contribution is 2.32. The van der Waals surface area contributed by atoms with Crippen LogP contribution in [0.5, 0.6) is 0 Å². The molecule has 0 aromatic carbocycles. The molecule has 2 N–H and O–H groups in total. The Labute approximate surface area is 124 Å². The van der Waals surface area contributed by atoms with E-state index in [-0.39, 0.29) is 23.7 Å². The molecule has 2 rings (SSSR count). The lowest BCUT2D eigenvalue weighted by molar-refractivity contribution is -0.145. The number of nitrogens with zero attached hydrogens (tertiary/aromatic N) is 1. The molecule has 1 heterocycles. The molecule has 21 heavy (non-hydrogen) atoms. The second-order valence-corrected chi connectivity index (χ2v) is 6.10. The summed E-state index contributed by atoms with van der Waals surface area (Å²) in [5.41, 5.74) is 0. The summed E-state index contributed by atoms with van der Waals surface area (Å²) in [7, 11) is 0. The van der Waals surface area contributed by atoms with E-state index in [9.17, 15) is 14.4 Å². The third kappa shape index (κ3) is 3.74. The quantitative estimate of drug-likeness (QED) is 0.810. The molecule has 0 aromatic heterocycles. The molecule has 1 saturated heterocycles. The van der Waals surface area contributed by atoms with Crippen LogP contribution in [0, 0.1) is 11.8 Å². The largest absolute Gasteiger partial charge is 0.480 e. The van der Waals surface area contributed by atoms with Gasteiger partial charge in [-0.3, -0.25) is 14.4 Å². The van der Waals surface area contributed by atoms with Crippen molar-refractivity contribution in [2.45, 2.75) is 51.5 Å². The van der Waals surface area contributed by atoms with E-state index in [2.05, 4.69) is 5.32 Å². The van der Waals surface area contributed by atoms with E-state index in [0.29, 0.717) is 6.42 Å². The minimum Gasteiger partial charge on any atom is -0.480 e. The van der Waals surface area contributed by atoms with Crippen LogP contribution in [0.1, 0.15) is 45.4 Å². The molecule has 1 saturated carbocycles. The monoisotopic (exact) mass is 296 g/mol. The molecule has 0 spiro atoms. The topological polar surface area (TPSA) is 86.7 Å². The van der Waals surface area contributed by atoms with Gasteiger partial charge in [0.2, 0.25) is 11.8 Å². The molecule has 0 bridgehead atoms. The third-order valence-corrected chi connectivity index (χ3v) is 4.57. The molecule has 3 unspecified atom stereocenters. The number of nitrogens with one attached hydrogen (secondary N) is 1. The fourth-order valence-electron chi connectivity index (χ4n) is 3.29. The maximum atomic E-state index is 12.6. The van der Waals surface area contributed by atoms with Crippen LogP contribution in [-0.4, -0.2) is 46.9 Å². The first-order chi connectivity index (χ1) is 10.0. The Hall–Kier alpha value is -1.59. The Morgan fingerprint density at radius 2 is 1.62 bits per heavy atom. The molecule has 0 radical (unpaired) electrons. The first kappa shape index (κ1) is 15.8. The van der Waals surface area contributed by atoms with Crippen LogP contribution >= 0.6 is 0 Å². The van der Waals surface area contributed by atoms with E-state index in [1.165, 1.54) is 6.92 Å². The Morgan fingerprint density at radius 3 is 2.19 bits per heavy atom. The van der Waals surface area contributed by atoms with Crippen molar-refractivity contribution in [3.8, 4) is 0 Å². The number of carbonyl (C=O) groups is 3. The van der Waals surface area contributed by atoms with Crippen molar-refractivity contribution < 1.29 is 19.5 Å². The van der Waals surface area contributed by atoms with Gasteiger partial charge in [-0.2, -0.15) is 0 Å². The zero-order valence-corrected chi connectivity index (χ0v) is 12.5. The predicted molar refractivity (Wildman–Crippen MR) is 76.5 cm³/mol. The first-order valence-electron chi connectivity index (χ1n) is 7.82. The number of carbonyl (C=O) groups excluding carboxylic acids is 2. The summed E-state index contributed by atoms with van der Waals surface area (Å²) in [6.45, 7) is 3.02. The summed E-state index contributed by atoms with van der Waals surface area (Å²) < 4.78 is 0. The summed E-state index contributed by atoms with van der Waals surface area (Å²) in [5, 5.41) is 11.4. The predicted octanol–water partition coefficient (Wildman–Crippen LogP) is 1.00. The summed E-state index contributed by atoms with van der Waals surface area (Å²) in [6, 6.07) is -0.915. The van der Waals surface area contributed by atoms with Gasteiger partial charge in [-0.1, -0.05) is 12.8 Å². The molecule has 0 aromatic rings. The molecular formula is C15H24N2O4. The van der Waals surface area contributed by atoms with Crippen molar-refractivity contribution in [1.82, 2.24) is 10.2 Å². The van der Waals surface area contributed by atoms with Gasteiger partial charge in [0.05, 0.1) is 0 Å². The number of likely N-dealkylation sites (tertiary alicyclic amines) is 1. The van der Waals surface area contributed by atoms with Gasteiger partial charge in [-0.15, -0.1) is 0 Å². The van der Waals surface area contributed by atoms with Gasteiger partial charge < -0.3 is 15.3 Å². The molecule has 2 fully saturated rings. The molecule has 1 aliphatic heterocycles. The smallest absolute Gasteiger partial charge is 0.325 e. The number of carboxylic acid groups (broad SMARTS) is 1. The van der Waals surface area contributed by atoms with Crippen molar-refractivity contribution in [1.29, 1.82) is 0 Å². The van der Waals surface area contributed by atoms with Crippen LogP contribution in [0.25, 0.3) is 0 Å². The van der Waals surface area contributed by atoms with E-state index < -0.39 is 12.0 Å².